The number of benzene rings is 1. The van der Waals surface area contributed by atoms with Gasteiger partial charge in [0, 0.05) is 31.2 Å². The van der Waals surface area contributed by atoms with Crippen LogP contribution < -0.4 is 5.32 Å². The van der Waals surface area contributed by atoms with Crippen molar-refractivity contribution < 1.29 is 9.18 Å². The Balaban J connectivity index is 1.81. The first-order valence-corrected chi connectivity index (χ1v) is 6.48. The second kappa shape index (κ2) is 4.52. The number of halogens is 2. The van der Waals surface area contributed by atoms with Gasteiger partial charge in [0.1, 0.15) is 5.82 Å². The molecule has 0 spiro atoms. The lowest BCUT2D eigenvalue weighted by Gasteiger charge is -2.18. The molecule has 0 bridgehead atoms. The molecule has 5 heteroatoms. The molecule has 2 unspecified atom stereocenters. The molecule has 1 aromatic rings. The summed E-state index contributed by atoms with van der Waals surface area (Å²) in [5.41, 5.74) is 0.0791. The van der Waals surface area contributed by atoms with Gasteiger partial charge in [-0.25, -0.2) is 4.39 Å². The lowest BCUT2D eigenvalue weighted by Crippen LogP contribution is -2.32. The minimum Gasteiger partial charge on any atom is -0.338 e. The van der Waals surface area contributed by atoms with Crippen LogP contribution in [-0.2, 0) is 0 Å². The standard InChI is InChI=1S/C13H14ClFN2O/c14-10-1-2-12(15)11(3-10)13(18)17-6-8-4-16-5-9(8)7-17/h1-3,8-9,16H,4-7H2. The molecule has 1 amide bonds. The van der Waals surface area contributed by atoms with Gasteiger partial charge in [-0.3, -0.25) is 4.79 Å². The van der Waals surface area contributed by atoms with E-state index in [9.17, 15) is 9.18 Å². The largest absolute Gasteiger partial charge is 0.338 e. The highest BCUT2D eigenvalue weighted by Gasteiger charge is 2.38. The number of rotatable bonds is 1. The average Bonchev–Trinajstić information content (AvgIpc) is 2.91. The molecule has 3 rings (SSSR count). The van der Waals surface area contributed by atoms with Gasteiger partial charge in [-0.05, 0) is 30.0 Å². The van der Waals surface area contributed by atoms with E-state index in [-0.39, 0.29) is 11.5 Å². The fourth-order valence-corrected chi connectivity index (χ4v) is 3.03. The first kappa shape index (κ1) is 11.9. The predicted molar refractivity (Wildman–Crippen MR) is 67.2 cm³/mol. The number of hydrogen-bond donors (Lipinski definition) is 1. The van der Waals surface area contributed by atoms with Gasteiger partial charge < -0.3 is 10.2 Å². The maximum atomic E-state index is 13.6. The van der Waals surface area contributed by atoms with E-state index in [4.69, 9.17) is 11.6 Å². The molecule has 0 aliphatic carbocycles. The summed E-state index contributed by atoms with van der Waals surface area (Å²) in [6, 6.07) is 4.11. The highest BCUT2D eigenvalue weighted by molar-refractivity contribution is 6.31. The second-order valence-corrected chi connectivity index (χ2v) is 5.45. The fourth-order valence-electron chi connectivity index (χ4n) is 2.85. The molecule has 2 heterocycles. The summed E-state index contributed by atoms with van der Waals surface area (Å²) in [4.78, 5) is 14.0. The number of carbonyl (C=O) groups is 1. The van der Waals surface area contributed by atoms with Gasteiger partial charge in [-0.15, -0.1) is 0 Å². The van der Waals surface area contributed by atoms with Gasteiger partial charge in [0.2, 0.25) is 0 Å². The molecule has 1 aromatic carbocycles. The second-order valence-electron chi connectivity index (χ2n) is 5.01. The van der Waals surface area contributed by atoms with Crippen molar-refractivity contribution >= 4 is 17.5 Å². The molecule has 2 aliphatic heterocycles. The maximum absolute atomic E-state index is 13.6. The van der Waals surface area contributed by atoms with Crippen LogP contribution in [0.15, 0.2) is 18.2 Å². The van der Waals surface area contributed by atoms with Crippen molar-refractivity contribution in [1.29, 1.82) is 0 Å². The molecular formula is C13H14ClFN2O. The Morgan fingerprint density at radius 1 is 1.33 bits per heavy atom. The van der Waals surface area contributed by atoms with E-state index in [2.05, 4.69) is 5.32 Å². The molecule has 2 aliphatic rings. The zero-order valence-electron chi connectivity index (χ0n) is 9.83. The van der Waals surface area contributed by atoms with E-state index in [1.165, 1.54) is 18.2 Å². The summed E-state index contributed by atoms with van der Waals surface area (Å²) in [7, 11) is 0. The maximum Gasteiger partial charge on any atom is 0.256 e. The first-order valence-electron chi connectivity index (χ1n) is 6.10. The Morgan fingerprint density at radius 2 is 2.00 bits per heavy atom. The molecule has 18 heavy (non-hydrogen) atoms. The van der Waals surface area contributed by atoms with Crippen LogP contribution >= 0.6 is 11.6 Å². The monoisotopic (exact) mass is 268 g/mol. The van der Waals surface area contributed by atoms with Gasteiger partial charge in [-0.1, -0.05) is 11.6 Å². The summed E-state index contributed by atoms with van der Waals surface area (Å²) in [6.07, 6.45) is 0. The molecule has 0 radical (unpaired) electrons. The summed E-state index contributed by atoms with van der Waals surface area (Å²) in [5, 5.41) is 3.70. The Hall–Kier alpha value is -1.13. The summed E-state index contributed by atoms with van der Waals surface area (Å²) < 4.78 is 13.6. The Labute approximate surface area is 110 Å². The van der Waals surface area contributed by atoms with Gasteiger partial charge in [0.05, 0.1) is 5.56 Å². The fraction of sp³-hybridized carbons (Fsp3) is 0.462. The van der Waals surface area contributed by atoms with Crippen molar-refractivity contribution in [1.82, 2.24) is 10.2 Å². The van der Waals surface area contributed by atoms with Gasteiger partial charge in [-0.2, -0.15) is 0 Å². The third-order valence-corrected chi connectivity index (χ3v) is 4.07. The smallest absolute Gasteiger partial charge is 0.256 e. The molecule has 2 fully saturated rings. The number of nitrogens with one attached hydrogen (secondary N) is 1. The van der Waals surface area contributed by atoms with Crippen LogP contribution in [0.5, 0.6) is 0 Å². The molecule has 0 saturated carbocycles. The van der Waals surface area contributed by atoms with E-state index in [0.29, 0.717) is 29.9 Å². The number of fused-ring (bicyclic) bond motifs is 1. The Kier molecular flexibility index (Phi) is 2.99. The van der Waals surface area contributed by atoms with Crippen LogP contribution in [-0.4, -0.2) is 37.0 Å². The number of carbonyl (C=O) groups excluding carboxylic acids is 1. The van der Waals surface area contributed by atoms with Crippen LogP contribution in [0.4, 0.5) is 4.39 Å². The van der Waals surface area contributed by atoms with Crippen molar-refractivity contribution in [2.75, 3.05) is 26.2 Å². The number of amides is 1. The minimum absolute atomic E-state index is 0.0791. The highest BCUT2D eigenvalue weighted by Crippen LogP contribution is 2.28. The van der Waals surface area contributed by atoms with Crippen molar-refractivity contribution in [2.24, 2.45) is 11.8 Å². The lowest BCUT2D eigenvalue weighted by molar-refractivity contribution is 0.0777. The van der Waals surface area contributed by atoms with Crippen LogP contribution in [0.3, 0.4) is 0 Å². The normalized spacial score (nSPS) is 26.4. The highest BCUT2D eigenvalue weighted by atomic mass is 35.5. The van der Waals surface area contributed by atoms with Crippen LogP contribution in [0, 0.1) is 17.7 Å². The summed E-state index contributed by atoms with van der Waals surface area (Å²) >= 11 is 5.82. The zero-order chi connectivity index (χ0) is 12.7. The lowest BCUT2D eigenvalue weighted by atomic mass is 10.0. The van der Waals surface area contributed by atoms with Gasteiger partial charge in [0.25, 0.3) is 5.91 Å². The van der Waals surface area contributed by atoms with E-state index >= 15 is 0 Å². The average molecular weight is 269 g/mol. The van der Waals surface area contributed by atoms with Crippen molar-refractivity contribution in [3.8, 4) is 0 Å². The van der Waals surface area contributed by atoms with Crippen LogP contribution in [0.1, 0.15) is 10.4 Å². The molecule has 3 nitrogen and oxygen atoms in total. The Morgan fingerprint density at radius 3 is 2.67 bits per heavy atom. The molecule has 1 N–H and O–H groups in total. The van der Waals surface area contributed by atoms with E-state index < -0.39 is 5.82 Å². The van der Waals surface area contributed by atoms with Gasteiger partial charge >= 0.3 is 0 Å². The third kappa shape index (κ3) is 1.99. The number of likely N-dealkylation sites (tertiary alicyclic amines) is 1. The van der Waals surface area contributed by atoms with E-state index in [1.54, 1.807) is 4.90 Å². The predicted octanol–water partition coefficient (Wildman–Crippen LogP) is 1.77. The van der Waals surface area contributed by atoms with Crippen molar-refractivity contribution in [3.63, 3.8) is 0 Å². The minimum atomic E-state index is -0.500. The molecule has 2 saturated heterocycles. The topological polar surface area (TPSA) is 32.3 Å². The zero-order valence-corrected chi connectivity index (χ0v) is 10.6. The molecular weight excluding hydrogens is 255 g/mol. The van der Waals surface area contributed by atoms with Gasteiger partial charge in [0.15, 0.2) is 0 Å². The summed E-state index contributed by atoms with van der Waals surface area (Å²) in [6.45, 7) is 3.32. The van der Waals surface area contributed by atoms with Crippen LogP contribution in [0.25, 0.3) is 0 Å². The third-order valence-electron chi connectivity index (χ3n) is 3.84. The van der Waals surface area contributed by atoms with Crippen molar-refractivity contribution in [3.05, 3.63) is 34.6 Å². The molecule has 0 aromatic heterocycles. The van der Waals surface area contributed by atoms with E-state index in [1.807, 2.05) is 0 Å². The quantitative estimate of drug-likeness (QED) is 0.842. The number of hydrogen-bond acceptors (Lipinski definition) is 2. The summed E-state index contributed by atoms with van der Waals surface area (Å²) in [5.74, 6) is 0.274. The molecule has 2 atom stereocenters. The SMILES string of the molecule is O=C(c1cc(Cl)ccc1F)N1CC2CNCC2C1. The van der Waals surface area contributed by atoms with Crippen molar-refractivity contribution in [2.45, 2.75) is 0 Å². The Bertz CT molecular complexity index is 482. The van der Waals surface area contributed by atoms with Crippen LogP contribution in [0.2, 0.25) is 5.02 Å². The molecule has 96 valence electrons. The first-order chi connectivity index (χ1) is 8.65. The number of nitrogens with zero attached hydrogens (tertiary/aromatic N) is 1. The van der Waals surface area contributed by atoms with E-state index in [0.717, 1.165) is 13.1 Å².